The molecule has 0 rings (SSSR count). The predicted octanol–water partition coefficient (Wildman–Crippen LogP) is -1.56. The first kappa shape index (κ1) is 13.5. The highest BCUT2D eigenvalue weighted by molar-refractivity contribution is 7.51. The first-order valence-corrected chi connectivity index (χ1v) is 5.49. The fourth-order valence-electron chi connectivity index (χ4n) is 0.728. The molecule has 0 bridgehead atoms. The summed E-state index contributed by atoms with van der Waals surface area (Å²) >= 11 is 0. The highest BCUT2D eigenvalue weighted by atomic mass is 31.2. The van der Waals surface area contributed by atoms with E-state index in [0.29, 0.717) is 0 Å². The normalized spacial score (nSPS) is 13.9. The smallest absolute Gasteiger partial charge is 0.339 e. The molecular weight excluding hydrogens is 215 g/mol. The van der Waals surface area contributed by atoms with Crippen molar-refractivity contribution < 1.29 is 29.1 Å². The van der Waals surface area contributed by atoms with Gasteiger partial charge < -0.3 is 19.7 Å². The Morgan fingerprint density at radius 3 is 2.50 bits per heavy atom. The summed E-state index contributed by atoms with van der Waals surface area (Å²) in [5.41, 5.74) is 0. The molecule has 0 aliphatic heterocycles. The zero-order valence-corrected chi connectivity index (χ0v) is 8.18. The second-order valence-electron chi connectivity index (χ2n) is 2.58. The van der Waals surface area contributed by atoms with Crippen molar-refractivity contribution in [3.8, 4) is 0 Å². The van der Waals surface area contributed by atoms with Gasteiger partial charge in [0.2, 0.25) is 0 Å². The van der Waals surface area contributed by atoms with Crippen molar-refractivity contribution in [3.05, 3.63) is 0 Å². The topological polar surface area (TPSA) is 142 Å². The van der Waals surface area contributed by atoms with E-state index in [4.69, 9.17) is 14.9 Å². The summed E-state index contributed by atoms with van der Waals surface area (Å²) in [4.78, 5) is 31.6. The number of hydrogen-bond donors (Lipinski definition) is 5. The maximum atomic E-state index is 10.5. The summed E-state index contributed by atoms with van der Waals surface area (Å²) in [5.74, 6) is 3.47. The SMILES string of the molecule is NOCCC(NCP(=O)(O)O)C(=O)O. The number of aliphatic carboxylic acids is 1. The van der Waals surface area contributed by atoms with Crippen LogP contribution in [-0.2, 0) is 14.2 Å². The average molecular weight is 228 g/mol. The van der Waals surface area contributed by atoms with E-state index in [1.807, 2.05) is 0 Å². The van der Waals surface area contributed by atoms with Gasteiger partial charge in [-0.1, -0.05) is 0 Å². The van der Waals surface area contributed by atoms with Crippen LogP contribution in [0.25, 0.3) is 0 Å². The van der Waals surface area contributed by atoms with E-state index >= 15 is 0 Å². The van der Waals surface area contributed by atoms with Gasteiger partial charge in [-0.05, 0) is 6.42 Å². The van der Waals surface area contributed by atoms with E-state index in [-0.39, 0.29) is 13.0 Å². The molecule has 0 radical (unpaired) electrons. The Bertz CT molecular complexity index is 228. The van der Waals surface area contributed by atoms with Gasteiger partial charge in [0, 0.05) is 0 Å². The van der Waals surface area contributed by atoms with E-state index in [2.05, 4.69) is 16.1 Å². The standard InChI is InChI=1S/C5H13N2O6P/c6-13-2-1-4(5(8)9)7-3-14(10,11)12/h4,7H,1-3,6H2,(H,8,9)(H2,10,11,12). The number of carboxylic acid groups (broad SMARTS) is 1. The van der Waals surface area contributed by atoms with Gasteiger partial charge in [-0.15, -0.1) is 0 Å². The van der Waals surface area contributed by atoms with Gasteiger partial charge in [0.1, 0.15) is 6.04 Å². The summed E-state index contributed by atoms with van der Waals surface area (Å²) in [5, 5.41) is 10.8. The van der Waals surface area contributed by atoms with Gasteiger partial charge in [0.25, 0.3) is 0 Å². The molecule has 0 amide bonds. The lowest BCUT2D eigenvalue weighted by Crippen LogP contribution is -2.38. The molecule has 0 heterocycles. The van der Waals surface area contributed by atoms with Crippen LogP contribution in [-0.4, -0.2) is 39.8 Å². The van der Waals surface area contributed by atoms with Crippen LogP contribution >= 0.6 is 7.60 Å². The summed E-state index contributed by atoms with van der Waals surface area (Å²) in [6.07, 6.45) is -0.652. The number of nitrogens with two attached hydrogens (primary N) is 1. The van der Waals surface area contributed by atoms with Crippen LogP contribution in [0, 0.1) is 0 Å². The third-order valence-electron chi connectivity index (χ3n) is 1.37. The lowest BCUT2D eigenvalue weighted by molar-refractivity contribution is -0.139. The molecular formula is C5H13N2O6P. The van der Waals surface area contributed by atoms with Crippen LogP contribution in [0.5, 0.6) is 0 Å². The van der Waals surface area contributed by atoms with Gasteiger partial charge >= 0.3 is 13.6 Å². The molecule has 0 saturated carbocycles. The number of hydrogen-bond acceptors (Lipinski definition) is 5. The summed E-state index contributed by atoms with van der Waals surface area (Å²) in [6.45, 7) is -0.00880. The Labute approximate surface area is 80.2 Å². The lowest BCUT2D eigenvalue weighted by Gasteiger charge is -2.13. The Balaban J connectivity index is 3.98. The van der Waals surface area contributed by atoms with E-state index in [1.54, 1.807) is 0 Å². The van der Waals surface area contributed by atoms with Gasteiger partial charge in [-0.3, -0.25) is 14.7 Å². The molecule has 8 nitrogen and oxygen atoms in total. The van der Waals surface area contributed by atoms with E-state index in [0.717, 1.165) is 0 Å². The minimum atomic E-state index is -4.24. The van der Waals surface area contributed by atoms with E-state index in [1.165, 1.54) is 0 Å². The van der Waals surface area contributed by atoms with Crippen molar-refractivity contribution in [1.82, 2.24) is 5.32 Å². The minimum Gasteiger partial charge on any atom is -0.480 e. The van der Waals surface area contributed by atoms with Crippen LogP contribution in [0.15, 0.2) is 0 Å². The lowest BCUT2D eigenvalue weighted by atomic mass is 10.2. The zero-order chi connectivity index (χ0) is 11.2. The Kier molecular flexibility index (Phi) is 5.86. The molecule has 0 saturated heterocycles. The van der Waals surface area contributed by atoms with Gasteiger partial charge in [0.15, 0.2) is 0 Å². The van der Waals surface area contributed by atoms with E-state index < -0.39 is 25.9 Å². The fraction of sp³-hybridized carbons (Fsp3) is 0.800. The number of nitrogens with one attached hydrogen (secondary N) is 1. The average Bonchev–Trinajstić information content (AvgIpc) is 2.01. The Hall–Kier alpha value is -0.500. The van der Waals surface area contributed by atoms with Crippen LogP contribution in [0.4, 0.5) is 0 Å². The maximum Gasteiger partial charge on any atom is 0.339 e. The quantitative estimate of drug-likeness (QED) is 0.260. The summed E-state index contributed by atoms with van der Waals surface area (Å²) < 4.78 is 10.4. The molecule has 84 valence electrons. The molecule has 9 heteroatoms. The van der Waals surface area contributed by atoms with Crippen molar-refractivity contribution in [2.75, 3.05) is 12.9 Å². The monoisotopic (exact) mass is 228 g/mol. The van der Waals surface area contributed by atoms with Crippen LogP contribution in [0.3, 0.4) is 0 Å². The van der Waals surface area contributed by atoms with E-state index in [9.17, 15) is 9.36 Å². The zero-order valence-electron chi connectivity index (χ0n) is 7.29. The molecule has 1 atom stereocenters. The van der Waals surface area contributed by atoms with Crippen LogP contribution < -0.4 is 11.2 Å². The molecule has 0 aliphatic rings. The van der Waals surface area contributed by atoms with Crippen molar-refractivity contribution in [1.29, 1.82) is 0 Å². The molecule has 0 aromatic rings. The molecule has 0 aromatic carbocycles. The highest BCUT2D eigenvalue weighted by Crippen LogP contribution is 2.32. The van der Waals surface area contributed by atoms with Crippen LogP contribution in [0.1, 0.15) is 6.42 Å². The molecule has 1 unspecified atom stereocenters. The van der Waals surface area contributed by atoms with Crippen molar-refractivity contribution >= 4 is 13.6 Å². The first-order chi connectivity index (χ1) is 6.37. The fourth-order valence-corrected chi connectivity index (χ4v) is 1.19. The molecule has 14 heavy (non-hydrogen) atoms. The predicted molar refractivity (Wildman–Crippen MR) is 46.2 cm³/mol. The summed E-state index contributed by atoms with van der Waals surface area (Å²) in [6, 6.07) is -1.08. The number of carbonyl (C=O) groups is 1. The van der Waals surface area contributed by atoms with Gasteiger partial charge in [-0.25, -0.2) is 5.90 Å². The van der Waals surface area contributed by atoms with Gasteiger partial charge in [0.05, 0.1) is 12.9 Å². The molecule has 0 aliphatic carbocycles. The number of rotatable bonds is 7. The summed E-state index contributed by atoms with van der Waals surface area (Å²) in [7, 11) is -4.24. The van der Waals surface area contributed by atoms with Crippen LogP contribution in [0.2, 0.25) is 0 Å². The molecule has 6 N–H and O–H groups in total. The first-order valence-electron chi connectivity index (χ1n) is 3.69. The second kappa shape index (κ2) is 6.07. The number of carboxylic acids is 1. The molecule has 0 aromatic heterocycles. The third-order valence-corrected chi connectivity index (χ3v) is 1.96. The van der Waals surface area contributed by atoms with Crippen molar-refractivity contribution in [3.63, 3.8) is 0 Å². The Morgan fingerprint density at radius 2 is 2.14 bits per heavy atom. The van der Waals surface area contributed by atoms with Gasteiger partial charge in [-0.2, -0.15) is 0 Å². The largest absolute Gasteiger partial charge is 0.480 e. The van der Waals surface area contributed by atoms with Crippen molar-refractivity contribution in [2.45, 2.75) is 12.5 Å². The van der Waals surface area contributed by atoms with Crippen molar-refractivity contribution in [2.24, 2.45) is 5.90 Å². The minimum absolute atomic E-state index is 0.00880. The maximum absolute atomic E-state index is 10.5. The molecule has 0 fully saturated rings. The second-order valence-corrected chi connectivity index (χ2v) is 4.22. The third kappa shape index (κ3) is 6.96. The molecule has 0 spiro atoms. The highest BCUT2D eigenvalue weighted by Gasteiger charge is 2.21. The Morgan fingerprint density at radius 1 is 1.57 bits per heavy atom.